The van der Waals surface area contributed by atoms with Crippen molar-refractivity contribution in [1.29, 1.82) is 0 Å². The van der Waals surface area contributed by atoms with Gasteiger partial charge in [-0.1, -0.05) is 0 Å². The number of anilines is 1. The highest BCUT2D eigenvalue weighted by Crippen LogP contribution is 2.37. The summed E-state index contributed by atoms with van der Waals surface area (Å²) in [5.41, 5.74) is 1.11. The predicted molar refractivity (Wildman–Crippen MR) is 107 cm³/mol. The molecule has 1 heterocycles. The molecular weight excluding hydrogens is 419 g/mol. The van der Waals surface area contributed by atoms with Crippen LogP contribution in [0.4, 0.5) is 10.5 Å². The van der Waals surface area contributed by atoms with Crippen molar-refractivity contribution in [3.8, 4) is 5.75 Å². The summed E-state index contributed by atoms with van der Waals surface area (Å²) in [6, 6.07) is 4.36. The molecule has 1 aliphatic heterocycles. The smallest absolute Gasteiger partial charge is 0.325 e. The molecule has 5 atom stereocenters. The maximum atomic E-state index is 11.8. The molecule has 0 spiro atoms. The van der Waals surface area contributed by atoms with Crippen LogP contribution in [-0.2, 0) is 9.30 Å². The van der Waals surface area contributed by atoms with E-state index in [1.54, 1.807) is 25.1 Å². The second-order valence-corrected chi connectivity index (χ2v) is 9.32. The Hall–Kier alpha value is -1.72. The van der Waals surface area contributed by atoms with Crippen LogP contribution in [-0.4, -0.2) is 74.0 Å². The van der Waals surface area contributed by atoms with E-state index in [1.807, 2.05) is 13.8 Å². The monoisotopic (exact) mass is 448 g/mol. The maximum Gasteiger partial charge on any atom is 0.325 e. The quantitative estimate of drug-likeness (QED) is 0.289. The van der Waals surface area contributed by atoms with Gasteiger partial charge in [0, 0.05) is 11.7 Å². The molecule has 0 aromatic heterocycles. The van der Waals surface area contributed by atoms with Crippen LogP contribution in [0, 0.1) is 6.92 Å². The van der Waals surface area contributed by atoms with E-state index in [0.717, 1.165) is 0 Å². The van der Waals surface area contributed by atoms with Gasteiger partial charge in [-0.2, -0.15) is 0 Å². The number of rotatable bonds is 7. The van der Waals surface area contributed by atoms with Gasteiger partial charge in [0.1, 0.15) is 24.1 Å². The van der Waals surface area contributed by atoms with Gasteiger partial charge in [0.2, 0.25) is 6.29 Å². The molecule has 11 nitrogen and oxygen atoms in total. The Morgan fingerprint density at radius 3 is 2.43 bits per heavy atom. The number of ether oxygens (including phenoxy) is 2. The number of amides is 2. The number of hydrogen-bond acceptors (Lipinski definition) is 7. The molecule has 7 N–H and O–H groups in total. The van der Waals surface area contributed by atoms with E-state index in [2.05, 4.69) is 10.6 Å². The number of carbonyl (C=O) groups excluding carboxylic acids is 1. The van der Waals surface area contributed by atoms with E-state index >= 15 is 0 Å². The van der Waals surface area contributed by atoms with E-state index in [9.17, 15) is 24.7 Å². The number of carbonyl (C=O) groups is 1. The second-order valence-electron chi connectivity index (χ2n) is 7.54. The van der Waals surface area contributed by atoms with Crippen LogP contribution >= 0.6 is 7.60 Å². The molecule has 0 bridgehead atoms. The summed E-state index contributed by atoms with van der Waals surface area (Å²) >= 11 is 0. The maximum absolute atomic E-state index is 11.8. The van der Waals surface area contributed by atoms with E-state index in [4.69, 9.17) is 19.3 Å². The third-order valence-corrected chi connectivity index (χ3v) is 5.31. The molecule has 2 amide bonds. The molecule has 1 aliphatic rings. The fourth-order valence-corrected chi connectivity index (χ4v) is 3.55. The summed E-state index contributed by atoms with van der Waals surface area (Å²) in [5.74, 6) is 0.297. The Balaban J connectivity index is 2.07. The number of nitrogens with one attached hydrogen (secondary N) is 2. The van der Waals surface area contributed by atoms with Crippen molar-refractivity contribution >= 4 is 19.3 Å². The summed E-state index contributed by atoms with van der Waals surface area (Å²) in [7, 11) is -4.33. The molecule has 1 aromatic rings. The summed E-state index contributed by atoms with van der Waals surface area (Å²) in [6.45, 7) is 5.36. The predicted octanol–water partition coefficient (Wildman–Crippen LogP) is 0.279. The lowest BCUT2D eigenvalue weighted by Crippen LogP contribution is -2.59. The van der Waals surface area contributed by atoms with Crippen molar-refractivity contribution < 1.29 is 43.9 Å². The average molecular weight is 448 g/mol. The molecule has 12 heteroatoms. The van der Waals surface area contributed by atoms with Crippen LogP contribution in [0.5, 0.6) is 5.75 Å². The van der Waals surface area contributed by atoms with Crippen molar-refractivity contribution in [3.05, 3.63) is 23.8 Å². The Morgan fingerprint density at radius 2 is 1.87 bits per heavy atom. The SMILES string of the molecule is Cc1cc(NC(=O)NC(C)C)ccc1O[C@H]1O[C@H](CCP(=O)(O)O)[C@@H](O)[C@H](O)[C@@H]1O. The van der Waals surface area contributed by atoms with Gasteiger partial charge in [0.25, 0.3) is 0 Å². The van der Waals surface area contributed by atoms with Crippen molar-refractivity contribution in [1.82, 2.24) is 5.32 Å². The minimum absolute atomic E-state index is 0.0288. The molecule has 2 rings (SSSR count). The fraction of sp³-hybridized carbons (Fsp3) is 0.611. The lowest BCUT2D eigenvalue weighted by molar-refractivity contribution is -0.272. The van der Waals surface area contributed by atoms with E-state index in [-0.39, 0.29) is 18.5 Å². The first kappa shape index (κ1) is 24.5. The van der Waals surface area contributed by atoms with Crippen molar-refractivity contribution in [3.63, 3.8) is 0 Å². The Morgan fingerprint density at radius 1 is 1.20 bits per heavy atom. The van der Waals surface area contributed by atoms with Gasteiger partial charge in [-0.05, 0) is 51.0 Å². The summed E-state index contributed by atoms with van der Waals surface area (Å²) in [6.07, 6.45) is -8.02. The van der Waals surface area contributed by atoms with Gasteiger partial charge in [0.05, 0.1) is 12.3 Å². The number of benzene rings is 1. The van der Waals surface area contributed by atoms with Gasteiger partial charge >= 0.3 is 13.6 Å². The first-order chi connectivity index (χ1) is 13.9. The van der Waals surface area contributed by atoms with E-state index in [1.165, 1.54) is 0 Å². The molecular formula is C18H29N2O9P. The highest BCUT2D eigenvalue weighted by molar-refractivity contribution is 7.51. The first-order valence-electron chi connectivity index (χ1n) is 9.46. The number of aliphatic hydroxyl groups excluding tert-OH is 3. The summed E-state index contributed by atoms with van der Waals surface area (Å²) in [4.78, 5) is 29.8. The third kappa shape index (κ3) is 6.92. The first-order valence-corrected chi connectivity index (χ1v) is 11.3. The lowest BCUT2D eigenvalue weighted by atomic mass is 9.97. The van der Waals surface area contributed by atoms with Crippen molar-refractivity contribution in [2.24, 2.45) is 0 Å². The van der Waals surface area contributed by atoms with E-state index < -0.39 is 44.5 Å². The number of urea groups is 1. The highest BCUT2D eigenvalue weighted by Gasteiger charge is 2.45. The molecule has 1 fully saturated rings. The van der Waals surface area contributed by atoms with Gasteiger partial charge in [-0.25, -0.2) is 4.79 Å². The van der Waals surface area contributed by atoms with Gasteiger partial charge in [0.15, 0.2) is 0 Å². The Labute approximate surface area is 174 Å². The second kappa shape index (κ2) is 10.1. The molecule has 0 radical (unpaired) electrons. The Bertz CT molecular complexity index is 785. The van der Waals surface area contributed by atoms with Crippen molar-refractivity contribution in [2.45, 2.75) is 63.9 Å². The zero-order valence-electron chi connectivity index (χ0n) is 16.9. The molecule has 0 unspecified atom stereocenters. The van der Waals surface area contributed by atoms with Crippen LogP contribution < -0.4 is 15.4 Å². The normalized spacial score (nSPS) is 27.0. The van der Waals surface area contributed by atoms with E-state index in [0.29, 0.717) is 17.0 Å². The van der Waals surface area contributed by atoms with Gasteiger partial charge in [-0.15, -0.1) is 0 Å². The Kier molecular flexibility index (Phi) is 8.23. The fourth-order valence-electron chi connectivity index (χ4n) is 2.96. The molecule has 170 valence electrons. The van der Waals surface area contributed by atoms with Crippen molar-refractivity contribution in [2.75, 3.05) is 11.5 Å². The van der Waals surface area contributed by atoms with Gasteiger partial charge in [-0.3, -0.25) is 4.57 Å². The van der Waals surface area contributed by atoms with Crippen LogP contribution in [0.3, 0.4) is 0 Å². The standard InChI is InChI=1S/C18H29N2O9P/c1-9(2)19-18(24)20-11-4-5-12(10(3)8-11)28-17-16(23)15(22)14(21)13(29-17)6-7-30(25,26)27/h4-5,8-9,13-17,21-23H,6-7H2,1-3H3,(H2,19,20,24)(H2,25,26,27)/t13-,14-,15+,16+,17+/m1/s1. The molecule has 0 aliphatic carbocycles. The number of aliphatic hydroxyl groups is 3. The minimum Gasteiger partial charge on any atom is -0.462 e. The molecule has 1 aromatic carbocycles. The third-order valence-electron chi connectivity index (χ3n) is 4.47. The zero-order chi connectivity index (χ0) is 22.6. The minimum atomic E-state index is -4.33. The van der Waals surface area contributed by atoms with Gasteiger partial charge < -0.3 is 45.2 Å². The molecule has 1 saturated heterocycles. The zero-order valence-corrected chi connectivity index (χ0v) is 17.8. The number of hydrogen-bond donors (Lipinski definition) is 7. The van der Waals surface area contributed by atoms with Crippen LogP contribution in [0.25, 0.3) is 0 Å². The van der Waals surface area contributed by atoms with Crippen LogP contribution in [0.2, 0.25) is 0 Å². The topological polar surface area (TPSA) is 178 Å². The average Bonchev–Trinajstić information content (AvgIpc) is 2.61. The molecule has 30 heavy (non-hydrogen) atoms. The number of aryl methyl sites for hydroxylation is 1. The van der Waals surface area contributed by atoms with Crippen LogP contribution in [0.1, 0.15) is 25.8 Å². The van der Waals surface area contributed by atoms with Crippen LogP contribution in [0.15, 0.2) is 18.2 Å². The summed E-state index contributed by atoms with van der Waals surface area (Å²) in [5, 5.41) is 35.7. The largest absolute Gasteiger partial charge is 0.462 e. The highest BCUT2D eigenvalue weighted by atomic mass is 31.2. The molecule has 0 saturated carbocycles. The lowest BCUT2D eigenvalue weighted by Gasteiger charge is -2.40. The summed E-state index contributed by atoms with van der Waals surface area (Å²) < 4.78 is 22.2.